The number of fused-ring (bicyclic) bond motifs is 1. The van der Waals surface area contributed by atoms with Gasteiger partial charge in [-0.25, -0.2) is 0 Å². The van der Waals surface area contributed by atoms with Crippen molar-refractivity contribution in [2.75, 3.05) is 0 Å². The molecule has 120 valence electrons. The van der Waals surface area contributed by atoms with E-state index in [1.807, 2.05) is 12.1 Å². The third-order valence-electron chi connectivity index (χ3n) is 4.23. The summed E-state index contributed by atoms with van der Waals surface area (Å²) in [6.45, 7) is 8.55. The normalized spacial score (nSPS) is 14.0. The molecule has 1 atom stereocenters. The molecule has 2 rings (SSSR count). The fourth-order valence-corrected chi connectivity index (χ4v) is 3.46. The molecule has 0 unspecified atom stereocenters. The van der Waals surface area contributed by atoms with E-state index in [1.165, 1.54) is 10.8 Å². The summed E-state index contributed by atoms with van der Waals surface area (Å²) in [7, 11) is 0. The first-order chi connectivity index (χ1) is 10.3. The van der Waals surface area contributed by atoms with Crippen LogP contribution >= 0.6 is 0 Å². The summed E-state index contributed by atoms with van der Waals surface area (Å²) in [5.41, 5.74) is 6.67. The molecule has 0 amide bonds. The van der Waals surface area contributed by atoms with Gasteiger partial charge >= 0.3 is 0 Å². The van der Waals surface area contributed by atoms with Gasteiger partial charge < -0.3 is 10.8 Å². The average molecular weight is 299 g/mol. The Morgan fingerprint density at radius 2 is 1.45 bits per heavy atom. The molecule has 0 saturated heterocycles. The summed E-state index contributed by atoms with van der Waals surface area (Å²) < 4.78 is 0. The zero-order valence-corrected chi connectivity index (χ0v) is 14.2. The third kappa shape index (κ3) is 3.88. The van der Waals surface area contributed by atoms with Crippen LogP contribution in [0.5, 0.6) is 0 Å². The van der Waals surface area contributed by atoms with Crippen LogP contribution in [0.2, 0.25) is 0 Å². The molecule has 0 spiro atoms. The maximum atomic E-state index is 11.2. The van der Waals surface area contributed by atoms with E-state index >= 15 is 0 Å². The van der Waals surface area contributed by atoms with Gasteiger partial charge in [0, 0.05) is 0 Å². The summed E-state index contributed by atoms with van der Waals surface area (Å²) in [5.74, 6) is 0.825. The maximum Gasteiger partial charge on any atom is 0.0844 e. The SMILES string of the molecule is CC(C)CC(O)(CC(C)C)[C@H](N)c1ccc2ccccc2c1. The largest absolute Gasteiger partial charge is 0.388 e. The van der Waals surface area contributed by atoms with E-state index in [1.54, 1.807) is 0 Å². The Morgan fingerprint density at radius 3 is 2.00 bits per heavy atom. The van der Waals surface area contributed by atoms with Gasteiger partial charge in [0.2, 0.25) is 0 Å². The van der Waals surface area contributed by atoms with Gasteiger partial charge in [0.1, 0.15) is 0 Å². The lowest BCUT2D eigenvalue weighted by atomic mass is 9.77. The first kappa shape index (κ1) is 17.0. The molecule has 2 heteroatoms. The second kappa shape index (κ2) is 6.80. The molecule has 0 fully saturated rings. The Bertz CT molecular complexity index is 608. The molecule has 0 aliphatic heterocycles. The van der Waals surface area contributed by atoms with Crippen LogP contribution in [0.1, 0.15) is 52.1 Å². The van der Waals surface area contributed by atoms with E-state index in [2.05, 4.69) is 58.0 Å². The summed E-state index contributed by atoms with van der Waals surface area (Å²) in [4.78, 5) is 0. The van der Waals surface area contributed by atoms with Gasteiger partial charge in [-0.2, -0.15) is 0 Å². The van der Waals surface area contributed by atoms with Crippen molar-refractivity contribution in [1.29, 1.82) is 0 Å². The van der Waals surface area contributed by atoms with Gasteiger partial charge in [0.15, 0.2) is 0 Å². The Hall–Kier alpha value is -1.38. The fourth-order valence-electron chi connectivity index (χ4n) is 3.46. The van der Waals surface area contributed by atoms with Gasteiger partial charge in [-0.3, -0.25) is 0 Å². The average Bonchev–Trinajstić information content (AvgIpc) is 2.44. The summed E-state index contributed by atoms with van der Waals surface area (Å²) in [6, 6.07) is 14.2. The summed E-state index contributed by atoms with van der Waals surface area (Å²) in [6.07, 6.45) is 1.44. The van der Waals surface area contributed by atoms with Gasteiger partial charge in [0.25, 0.3) is 0 Å². The van der Waals surface area contributed by atoms with Crippen LogP contribution < -0.4 is 5.73 Å². The highest BCUT2D eigenvalue weighted by Gasteiger charge is 2.36. The Labute approximate surface area is 134 Å². The van der Waals surface area contributed by atoms with Gasteiger partial charge in [-0.15, -0.1) is 0 Å². The number of nitrogens with two attached hydrogens (primary N) is 1. The number of hydrogen-bond donors (Lipinski definition) is 2. The monoisotopic (exact) mass is 299 g/mol. The molecule has 0 bridgehead atoms. The zero-order chi connectivity index (χ0) is 16.3. The Kier molecular flexibility index (Phi) is 5.25. The molecule has 0 radical (unpaired) electrons. The lowest BCUT2D eigenvalue weighted by Gasteiger charge is -2.37. The highest BCUT2D eigenvalue weighted by atomic mass is 16.3. The molecule has 0 heterocycles. The molecule has 0 aromatic heterocycles. The quantitative estimate of drug-likeness (QED) is 0.814. The van der Waals surface area contributed by atoms with E-state index < -0.39 is 5.60 Å². The summed E-state index contributed by atoms with van der Waals surface area (Å²) in [5, 5.41) is 13.6. The van der Waals surface area contributed by atoms with Gasteiger partial charge in [-0.05, 0) is 47.1 Å². The lowest BCUT2D eigenvalue weighted by molar-refractivity contribution is -0.0237. The second-order valence-electron chi connectivity index (χ2n) is 7.38. The second-order valence-corrected chi connectivity index (χ2v) is 7.38. The van der Waals surface area contributed by atoms with Crippen LogP contribution in [0.25, 0.3) is 10.8 Å². The topological polar surface area (TPSA) is 46.2 Å². The van der Waals surface area contributed by atoms with Crippen LogP contribution in [0.15, 0.2) is 42.5 Å². The minimum Gasteiger partial charge on any atom is -0.388 e. The Morgan fingerprint density at radius 1 is 0.909 bits per heavy atom. The van der Waals surface area contributed by atoms with Crippen LogP contribution in [0, 0.1) is 11.8 Å². The summed E-state index contributed by atoms with van der Waals surface area (Å²) >= 11 is 0. The van der Waals surface area contributed by atoms with Crippen LogP contribution in [-0.4, -0.2) is 10.7 Å². The molecule has 2 aromatic carbocycles. The molecule has 2 nitrogen and oxygen atoms in total. The predicted octanol–water partition coefficient (Wildman–Crippen LogP) is 4.66. The van der Waals surface area contributed by atoms with E-state index in [0.717, 1.165) is 18.4 Å². The number of rotatable bonds is 6. The van der Waals surface area contributed by atoms with Crippen molar-refractivity contribution in [3.63, 3.8) is 0 Å². The van der Waals surface area contributed by atoms with Crippen molar-refractivity contribution in [2.24, 2.45) is 17.6 Å². The number of hydrogen-bond acceptors (Lipinski definition) is 2. The molecule has 22 heavy (non-hydrogen) atoms. The Balaban J connectivity index is 2.36. The molecule has 0 saturated carbocycles. The maximum absolute atomic E-state index is 11.2. The molecule has 0 aliphatic carbocycles. The smallest absolute Gasteiger partial charge is 0.0844 e. The van der Waals surface area contributed by atoms with E-state index in [4.69, 9.17) is 5.73 Å². The van der Waals surface area contributed by atoms with Crippen molar-refractivity contribution in [3.8, 4) is 0 Å². The number of benzene rings is 2. The van der Waals surface area contributed by atoms with Crippen LogP contribution in [0.4, 0.5) is 0 Å². The highest BCUT2D eigenvalue weighted by molar-refractivity contribution is 5.83. The van der Waals surface area contributed by atoms with Crippen LogP contribution in [0.3, 0.4) is 0 Å². The van der Waals surface area contributed by atoms with Crippen molar-refractivity contribution in [3.05, 3.63) is 48.0 Å². The van der Waals surface area contributed by atoms with Gasteiger partial charge in [0.05, 0.1) is 11.6 Å². The molecule has 0 aliphatic rings. The molecule has 2 aromatic rings. The third-order valence-corrected chi connectivity index (χ3v) is 4.23. The standard InChI is InChI=1S/C20H29NO/c1-14(2)12-20(22,13-15(3)4)19(21)18-10-9-16-7-5-6-8-17(16)11-18/h5-11,14-15,19,22H,12-13,21H2,1-4H3/t19-/m1/s1. The highest BCUT2D eigenvalue weighted by Crippen LogP contribution is 2.36. The molecular formula is C20H29NO. The van der Waals surface area contributed by atoms with E-state index in [9.17, 15) is 5.11 Å². The van der Waals surface area contributed by atoms with Crippen molar-refractivity contribution in [2.45, 2.75) is 52.2 Å². The first-order valence-electron chi connectivity index (χ1n) is 8.28. The van der Waals surface area contributed by atoms with Gasteiger partial charge in [-0.1, -0.05) is 64.1 Å². The van der Waals surface area contributed by atoms with Crippen LogP contribution in [-0.2, 0) is 0 Å². The zero-order valence-electron chi connectivity index (χ0n) is 14.2. The van der Waals surface area contributed by atoms with Crippen molar-refractivity contribution < 1.29 is 5.11 Å². The number of aliphatic hydroxyl groups is 1. The van der Waals surface area contributed by atoms with Crippen molar-refractivity contribution >= 4 is 10.8 Å². The van der Waals surface area contributed by atoms with Crippen molar-refractivity contribution in [1.82, 2.24) is 0 Å². The molecular weight excluding hydrogens is 270 g/mol. The first-order valence-corrected chi connectivity index (χ1v) is 8.28. The lowest BCUT2D eigenvalue weighted by Crippen LogP contribution is -2.43. The van der Waals surface area contributed by atoms with E-state index in [0.29, 0.717) is 11.8 Å². The predicted molar refractivity (Wildman–Crippen MR) is 94.7 cm³/mol. The minimum absolute atomic E-state index is 0.359. The fraction of sp³-hybridized carbons (Fsp3) is 0.500. The minimum atomic E-state index is -0.856. The molecule has 3 N–H and O–H groups in total. The van der Waals surface area contributed by atoms with E-state index in [-0.39, 0.29) is 6.04 Å².